The van der Waals surface area contributed by atoms with E-state index >= 15 is 0 Å². The number of nitrogens with zero attached hydrogens (tertiary/aromatic N) is 3. The second kappa shape index (κ2) is 9.77. The number of rotatable bonds is 6. The molecular weight excluding hydrogens is 450 g/mol. The average molecular weight is 484 g/mol. The summed E-state index contributed by atoms with van der Waals surface area (Å²) >= 11 is 0. The highest BCUT2D eigenvalue weighted by Gasteiger charge is 2.22. The molecule has 7 nitrogen and oxygen atoms in total. The highest BCUT2D eigenvalue weighted by atomic mass is 16.3. The summed E-state index contributed by atoms with van der Waals surface area (Å²) in [6, 6.07) is 17.9. The second-order valence-electron chi connectivity index (χ2n) is 9.41. The number of phenols is 1. The first-order valence-corrected chi connectivity index (χ1v) is 11.8. The number of aromatic nitrogens is 2. The van der Waals surface area contributed by atoms with Gasteiger partial charge in [0, 0.05) is 63.3 Å². The molecule has 0 bridgehead atoms. The van der Waals surface area contributed by atoms with E-state index in [9.17, 15) is 9.90 Å². The van der Waals surface area contributed by atoms with Gasteiger partial charge in [0.2, 0.25) is 0 Å². The normalized spacial score (nSPS) is 10.9. The molecule has 0 saturated carbocycles. The fourth-order valence-electron chi connectivity index (χ4n) is 4.27. The van der Waals surface area contributed by atoms with E-state index in [1.54, 1.807) is 7.05 Å². The van der Waals surface area contributed by atoms with Crippen molar-refractivity contribution in [3.8, 4) is 39.7 Å². The van der Waals surface area contributed by atoms with Crippen LogP contribution in [0.15, 0.2) is 54.6 Å². The monoisotopic (exact) mass is 483 g/mol. The maximum atomic E-state index is 13.0. The number of hydrogen-bond donors (Lipinski definition) is 3. The number of aromatic hydroxyl groups is 1. The fourth-order valence-corrected chi connectivity index (χ4v) is 4.27. The number of anilines is 2. The number of carbonyl (C=O) groups excluding carboxylic acids is 1. The van der Waals surface area contributed by atoms with Crippen LogP contribution >= 0.6 is 0 Å². The fraction of sp³-hybridized carbons (Fsp3) is 0.241. The van der Waals surface area contributed by atoms with Crippen LogP contribution in [0.25, 0.3) is 33.9 Å². The molecule has 0 aliphatic rings. The number of imidazole rings is 1. The number of aromatic amines is 1. The molecule has 0 aliphatic heterocycles. The minimum atomic E-state index is -0.177. The van der Waals surface area contributed by atoms with E-state index in [1.807, 2.05) is 77.3 Å². The molecule has 4 aromatic rings. The van der Waals surface area contributed by atoms with E-state index < -0.39 is 0 Å². The van der Waals surface area contributed by atoms with Crippen LogP contribution < -0.4 is 15.1 Å². The first kappa shape index (κ1) is 24.9. The van der Waals surface area contributed by atoms with Crippen molar-refractivity contribution in [3.63, 3.8) is 0 Å². The van der Waals surface area contributed by atoms with Gasteiger partial charge in [-0.25, -0.2) is 4.98 Å². The van der Waals surface area contributed by atoms with Gasteiger partial charge in [0.1, 0.15) is 11.6 Å². The molecule has 186 valence electrons. The van der Waals surface area contributed by atoms with E-state index in [2.05, 4.69) is 39.5 Å². The molecule has 0 fully saturated rings. The molecule has 36 heavy (non-hydrogen) atoms. The van der Waals surface area contributed by atoms with Gasteiger partial charge in [0.15, 0.2) is 0 Å². The van der Waals surface area contributed by atoms with Gasteiger partial charge >= 0.3 is 0 Å². The minimum Gasteiger partial charge on any atom is -0.507 e. The summed E-state index contributed by atoms with van der Waals surface area (Å²) in [4.78, 5) is 25.5. The van der Waals surface area contributed by atoms with Crippen LogP contribution in [0.1, 0.15) is 21.5 Å². The van der Waals surface area contributed by atoms with Crippen molar-refractivity contribution in [1.82, 2.24) is 15.3 Å². The number of hydrogen-bond acceptors (Lipinski definition) is 5. The molecule has 1 amide bonds. The zero-order valence-corrected chi connectivity index (χ0v) is 21.9. The topological polar surface area (TPSA) is 84.5 Å². The lowest BCUT2D eigenvalue weighted by Gasteiger charge is -2.16. The first-order chi connectivity index (χ1) is 17.1. The molecule has 0 saturated heterocycles. The molecule has 3 aromatic carbocycles. The predicted octanol–water partition coefficient (Wildman–Crippen LogP) is 5.22. The molecule has 0 atom stereocenters. The number of phenolic OH excluding ortho intramolecular Hbond substituents is 1. The molecule has 1 heterocycles. The lowest BCUT2D eigenvalue weighted by Crippen LogP contribution is -2.20. The van der Waals surface area contributed by atoms with Crippen LogP contribution in [0, 0.1) is 13.8 Å². The Morgan fingerprint density at radius 3 is 2.00 bits per heavy atom. The van der Waals surface area contributed by atoms with Crippen LogP contribution in [-0.2, 0) is 0 Å². The Morgan fingerprint density at radius 1 is 0.861 bits per heavy atom. The lowest BCUT2D eigenvalue weighted by atomic mass is 9.98. The third kappa shape index (κ3) is 4.64. The highest BCUT2D eigenvalue weighted by molar-refractivity contribution is 6.03. The maximum absolute atomic E-state index is 13.0. The Labute approximate surface area is 212 Å². The summed E-state index contributed by atoms with van der Waals surface area (Å²) < 4.78 is 0. The van der Waals surface area contributed by atoms with Crippen LogP contribution in [0.5, 0.6) is 5.75 Å². The average Bonchev–Trinajstić information content (AvgIpc) is 3.31. The SMILES string of the molecule is CNC(=O)c1cc(N(C)C)ccc1-c1nc(-c2cc(C)c(O)c(C)c2)[nH]c1-c1ccc(N(C)C)cc1. The van der Waals surface area contributed by atoms with E-state index in [0.717, 1.165) is 44.9 Å². The van der Waals surface area contributed by atoms with Crippen molar-refractivity contribution >= 4 is 17.3 Å². The van der Waals surface area contributed by atoms with Gasteiger partial charge < -0.3 is 25.2 Å². The smallest absolute Gasteiger partial charge is 0.251 e. The number of benzene rings is 3. The molecule has 4 rings (SSSR count). The summed E-state index contributed by atoms with van der Waals surface area (Å²) in [6.07, 6.45) is 0. The lowest BCUT2D eigenvalue weighted by molar-refractivity contribution is 0.0963. The van der Waals surface area contributed by atoms with Crippen molar-refractivity contribution in [2.24, 2.45) is 0 Å². The van der Waals surface area contributed by atoms with Gasteiger partial charge in [-0.1, -0.05) is 12.1 Å². The molecule has 0 unspecified atom stereocenters. The third-order valence-electron chi connectivity index (χ3n) is 6.39. The summed E-state index contributed by atoms with van der Waals surface area (Å²) in [5.41, 5.74) is 8.19. The number of nitrogens with one attached hydrogen (secondary N) is 2. The van der Waals surface area contributed by atoms with Crippen LogP contribution in [0.3, 0.4) is 0 Å². The van der Waals surface area contributed by atoms with Crippen molar-refractivity contribution in [1.29, 1.82) is 0 Å². The Bertz CT molecular complexity index is 1400. The van der Waals surface area contributed by atoms with Gasteiger partial charge in [-0.15, -0.1) is 0 Å². The van der Waals surface area contributed by atoms with Crippen molar-refractivity contribution < 1.29 is 9.90 Å². The molecule has 1 aromatic heterocycles. The van der Waals surface area contributed by atoms with Gasteiger partial charge in [-0.2, -0.15) is 0 Å². The van der Waals surface area contributed by atoms with E-state index in [1.165, 1.54) is 0 Å². The minimum absolute atomic E-state index is 0.177. The van der Waals surface area contributed by atoms with Crippen LogP contribution in [0.2, 0.25) is 0 Å². The summed E-state index contributed by atoms with van der Waals surface area (Å²) in [7, 11) is 9.54. The largest absolute Gasteiger partial charge is 0.507 e. The zero-order valence-electron chi connectivity index (χ0n) is 21.9. The Hall–Kier alpha value is -4.26. The Balaban J connectivity index is 1.97. The predicted molar refractivity (Wildman–Crippen MR) is 148 cm³/mol. The standard InChI is InChI=1S/C29H33N5O2/c1-17-14-20(15-18(2)27(17)35)28-31-25(19-8-10-21(11-9-19)33(4)5)26(32-28)23-13-12-22(34(6)7)16-24(23)29(36)30-3/h8-16,35H,1-7H3,(H,30,36)(H,31,32). The van der Waals surface area contributed by atoms with Gasteiger partial charge in [-0.3, -0.25) is 4.79 Å². The summed E-state index contributed by atoms with van der Waals surface area (Å²) in [5, 5.41) is 13.0. The van der Waals surface area contributed by atoms with Gasteiger partial charge in [0.25, 0.3) is 5.91 Å². The number of carbonyl (C=O) groups is 1. The molecule has 3 N–H and O–H groups in total. The first-order valence-electron chi connectivity index (χ1n) is 11.8. The second-order valence-corrected chi connectivity index (χ2v) is 9.41. The zero-order chi connectivity index (χ0) is 26.1. The van der Waals surface area contributed by atoms with Crippen LogP contribution in [-0.4, -0.2) is 56.2 Å². The van der Waals surface area contributed by atoms with Crippen molar-refractivity contribution in [2.45, 2.75) is 13.8 Å². The summed E-state index contributed by atoms with van der Waals surface area (Å²) in [6.45, 7) is 3.75. The molecule has 0 radical (unpaired) electrons. The van der Waals surface area contributed by atoms with E-state index in [4.69, 9.17) is 4.98 Å². The Morgan fingerprint density at radius 2 is 1.44 bits per heavy atom. The number of aryl methyl sites for hydroxylation is 2. The van der Waals surface area contributed by atoms with E-state index in [0.29, 0.717) is 17.1 Å². The maximum Gasteiger partial charge on any atom is 0.251 e. The quantitative estimate of drug-likeness (QED) is 0.350. The van der Waals surface area contributed by atoms with Crippen LogP contribution in [0.4, 0.5) is 11.4 Å². The van der Waals surface area contributed by atoms with Crippen molar-refractivity contribution in [3.05, 3.63) is 71.3 Å². The van der Waals surface area contributed by atoms with Gasteiger partial charge in [0.05, 0.1) is 17.0 Å². The molecular formula is C29H33N5O2. The molecule has 7 heteroatoms. The number of H-pyrrole nitrogens is 1. The number of amides is 1. The molecule has 0 spiro atoms. The third-order valence-corrected chi connectivity index (χ3v) is 6.39. The van der Waals surface area contributed by atoms with Crippen molar-refractivity contribution in [2.75, 3.05) is 45.0 Å². The highest BCUT2D eigenvalue weighted by Crippen LogP contribution is 2.37. The van der Waals surface area contributed by atoms with Gasteiger partial charge in [-0.05, 0) is 67.4 Å². The Kier molecular flexibility index (Phi) is 6.75. The molecule has 0 aliphatic carbocycles. The van der Waals surface area contributed by atoms with E-state index in [-0.39, 0.29) is 11.7 Å². The summed E-state index contributed by atoms with van der Waals surface area (Å²) in [5.74, 6) is 0.775.